The molecule has 1 N–H and O–H groups in total. The van der Waals surface area contributed by atoms with Crippen LogP contribution in [0, 0.1) is 0 Å². The zero-order valence-electron chi connectivity index (χ0n) is 15.1. The van der Waals surface area contributed by atoms with Crippen molar-refractivity contribution in [1.29, 1.82) is 0 Å². The first-order chi connectivity index (χ1) is 12.9. The molecular weight excluding hydrogens is 392 g/mol. The predicted molar refractivity (Wildman–Crippen MR) is 105 cm³/mol. The fourth-order valence-corrected chi connectivity index (χ4v) is 4.34. The largest absolute Gasteiger partial charge is 0.497 e. The minimum Gasteiger partial charge on any atom is -0.497 e. The lowest BCUT2D eigenvalue weighted by atomic mass is 10.2. The first kappa shape index (κ1) is 19.6. The molecule has 0 spiro atoms. The van der Waals surface area contributed by atoms with Crippen LogP contribution in [-0.2, 0) is 14.8 Å². The first-order valence-corrected chi connectivity index (χ1v) is 10.2. The Labute approximate surface area is 163 Å². The van der Waals surface area contributed by atoms with E-state index in [1.165, 1.54) is 26.4 Å². The smallest absolute Gasteiger partial charge is 0.265 e. The van der Waals surface area contributed by atoms with Gasteiger partial charge in [0.25, 0.3) is 10.0 Å². The molecule has 0 bridgehead atoms. The van der Waals surface area contributed by atoms with E-state index in [1.54, 1.807) is 24.3 Å². The first-order valence-electron chi connectivity index (χ1n) is 8.31. The summed E-state index contributed by atoms with van der Waals surface area (Å²) in [5.74, 6) is 0.696. The molecule has 1 fully saturated rings. The molecule has 27 heavy (non-hydrogen) atoms. The van der Waals surface area contributed by atoms with Gasteiger partial charge in [-0.15, -0.1) is 0 Å². The Morgan fingerprint density at radius 2 is 1.81 bits per heavy atom. The molecule has 9 heteroatoms. The van der Waals surface area contributed by atoms with Crippen LogP contribution in [0.3, 0.4) is 0 Å². The number of anilines is 2. The molecule has 0 atom stereocenters. The third kappa shape index (κ3) is 4.40. The molecule has 0 aromatic heterocycles. The van der Waals surface area contributed by atoms with E-state index in [-0.39, 0.29) is 10.6 Å². The number of methoxy groups -OCH3 is 2. The number of benzene rings is 2. The fraction of sp³-hybridized carbons (Fsp3) is 0.333. The maximum atomic E-state index is 12.8. The molecule has 146 valence electrons. The zero-order chi connectivity index (χ0) is 19.4. The van der Waals surface area contributed by atoms with E-state index in [0.29, 0.717) is 29.7 Å². The maximum absolute atomic E-state index is 12.8. The summed E-state index contributed by atoms with van der Waals surface area (Å²) >= 11 is 6.38. The lowest BCUT2D eigenvalue weighted by Gasteiger charge is -2.29. The van der Waals surface area contributed by atoms with Crippen LogP contribution < -0.4 is 19.1 Å². The molecular formula is C18H21ClN2O5S. The van der Waals surface area contributed by atoms with Gasteiger partial charge in [-0.2, -0.15) is 0 Å². The van der Waals surface area contributed by atoms with Gasteiger partial charge < -0.3 is 19.1 Å². The summed E-state index contributed by atoms with van der Waals surface area (Å²) in [4.78, 5) is 2.12. The molecule has 1 aliphatic heterocycles. The van der Waals surface area contributed by atoms with E-state index in [4.69, 9.17) is 25.8 Å². The Balaban J connectivity index is 1.85. The second-order valence-corrected chi connectivity index (χ2v) is 7.95. The van der Waals surface area contributed by atoms with Crippen molar-refractivity contribution >= 4 is 33.0 Å². The highest BCUT2D eigenvalue weighted by molar-refractivity contribution is 7.92. The van der Waals surface area contributed by atoms with Gasteiger partial charge in [0.15, 0.2) is 0 Å². The summed E-state index contributed by atoms with van der Waals surface area (Å²) in [6.45, 7) is 2.77. The van der Waals surface area contributed by atoms with Gasteiger partial charge in [-0.05, 0) is 30.3 Å². The van der Waals surface area contributed by atoms with Gasteiger partial charge in [0.2, 0.25) is 0 Å². The number of nitrogens with one attached hydrogen (secondary N) is 1. The van der Waals surface area contributed by atoms with Crippen LogP contribution in [0.5, 0.6) is 11.5 Å². The van der Waals surface area contributed by atoms with Crippen LogP contribution in [0.15, 0.2) is 41.3 Å². The molecule has 0 amide bonds. The van der Waals surface area contributed by atoms with Crippen molar-refractivity contribution in [2.24, 2.45) is 0 Å². The molecule has 0 saturated carbocycles. The normalized spacial score (nSPS) is 14.7. The number of hydrogen-bond donors (Lipinski definition) is 1. The molecule has 2 aromatic rings. The van der Waals surface area contributed by atoms with Crippen molar-refractivity contribution in [1.82, 2.24) is 0 Å². The van der Waals surface area contributed by atoms with Crippen LogP contribution in [-0.4, -0.2) is 48.9 Å². The summed E-state index contributed by atoms with van der Waals surface area (Å²) in [6, 6.07) is 9.60. The van der Waals surface area contributed by atoms with E-state index in [9.17, 15) is 8.42 Å². The van der Waals surface area contributed by atoms with Gasteiger partial charge in [0.1, 0.15) is 16.4 Å². The minimum atomic E-state index is -3.86. The van der Waals surface area contributed by atoms with Crippen molar-refractivity contribution in [2.75, 3.05) is 50.1 Å². The quantitative estimate of drug-likeness (QED) is 0.785. The number of nitrogens with zero attached hydrogens (tertiary/aromatic N) is 1. The standard InChI is InChI=1S/C18H21ClN2O5S/c1-24-14-4-6-18(17(12-14)25-2)27(22,23)20-13-3-5-16(15(19)11-13)21-7-9-26-10-8-21/h3-6,11-12,20H,7-10H2,1-2H3. The van der Waals surface area contributed by atoms with E-state index in [0.717, 1.165) is 18.8 Å². The number of sulfonamides is 1. The minimum absolute atomic E-state index is 0.0131. The van der Waals surface area contributed by atoms with Gasteiger partial charge in [-0.3, -0.25) is 4.72 Å². The molecule has 1 aliphatic rings. The lowest BCUT2D eigenvalue weighted by molar-refractivity contribution is 0.122. The highest BCUT2D eigenvalue weighted by atomic mass is 35.5. The second kappa shape index (κ2) is 8.24. The molecule has 7 nitrogen and oxygen atoms in total. The third-order valence-electron chi connectivity index (χ3n) is 4.21. The van der Waals surface area contributed by atoms with Crippen LogP contribution in [0.25, 0.3) is 0 Å². The SMILES string of the molecule is COc1ccc(S(=O)(=O)Nc2ccc(N3CCOCC3)c(Cl)c2)c(OC)c1. The van der Waals surface area contributed by atoms with Crippen LogP contribution in [0.1, 0.15) is 0 Å². The van der Waals surface area contributed by atoms with Crippen molar-refractivity contribution < 1.29 is 22.6 Å². The summed E-state index contributed by atoms with van der Waals surface area (Å²) in [7, 11) is -0.955. The van der Waals surface area contributed by atoms with Crippen LogP contribution in [0.4, 0.5) is 11.4 Å². The topological polar surface area (TPSA) is 77.1 Å². The predicted octanol–water partition coefficient (Wildman–Crippen LogP) is 2.99. The van der Waals surface area contributed by atoms with Crippen LogP contribution >= 0.6 is 11.6 Å². The van der Waals surface area contributed by atoms with Gasteiger partial charge in [-0.25, -0.2) is 8.42 Å². The highest BCUT2D eigenvalue weighted by Crippen LogP contribution is 2.33. The molecule has 3 rings (SSSR count). The number of morpholine rings is 1. The Morgan fingerprint density at radius 3 is 2.44 bits per heavy atom. The summed E-state index contributed by atoms with van der Waals surface area (Å²) in [5.41, 5.74) is 1.22. The van der Waals surface area contributed by atoms with E-state index < -0.39 is 10.0 Å². The van der Waals surface area contributed by atoms with E-state index in [1.807, 2.05) is 0 Å². The summed E-state index contributed by atoms with van der Waals surface area (Å²) in [6.07, 6.45) is 0. The van der Waals surface area contributed by atoms with E-state index in [2.05, 4.69) is 9.62 Å². The monoisotopic (exact) mass is 412 g/mol. The van der Waals surface area contributed by atoms with Gasteiger partial charge in [0.05, 0.1) is 43.8 Å². The molecule has 1 heterocycles. The maximum Gasteiger partial charge on any atom is 0.265 e. The average molecular weight is 413 g/mol. The fourth-order valence-electron chi connectivity index (χ4n) is 2.84. The average Bonchev–Trinajstić information content (AvgIpc) is 2.68. The molecule has 0 aliphatic carbocycles. The van der Waals surface area contributed by atoms with Gasteiger partial charge >= 0.3 is 0 Å². The second-order valence-electron chi connectivity index (χ2n) is 5.89. The molecule has 1 saturated heterocycles. The van der Waals surface area contributed by atoms with Crippen LogP contribution in [0.2, 0.25) is 5.02 Å². The Hall–Kier alpha value is -2.16. The summed E-state index contributed by atoms with van der Waals surface area (Å²) < 4.78 is 43.7. The van der Waals surface area contributed by atoms with Crippen molar-refractivity contribution in [2.45, 2.75) is 4.90 Å². The third-order valence-corrected chi connectivity index (χ3v) is 5.94. The molecule has 0 radical (unpaired) electrons. The number of rotatable bonds is 6. The number of ether oxygens (including phenoxy) is 3. The van der Waals surface area contributed by atoms with Gasteiger partial charge in [0, 0.05) is 19.2 Å². The van der Waals surface area contributed by atoms with Crippen molar-refractivity contribution in [3.05, 3.63) is 41.4 Å². The Morgan fingerprint density at radius 1 is 1.07 bits per heavy atom. The lowest BCUT2D eigenvalue weighted by Crippen LogP contribution is -2.36. The molecule has 0 unspecified atom stereocenters. The van der Waals surface area contributed by atoms with Gasteiger partial charge in [-0.1, -0.05) is 11.6 Å². The van der Waals surface area contributed by atoms with E-state index >= 15 is 0 Å². The van der Waals surface area contributed by atoms with Crippen molar-refractivity contribution in [3.63, 3.8) is 0 Å². The van der Waals surface area contributed by atoms with Crippen molar-refractivity contribution in [3.8, 4) is 11.5 Å². The highest BCUT2D eigenvalue weighted by Gasteiger charge is 2.21. The number of hydrogen-bond acceptors (Lipinski definition) is 6. The number of halogens is 1. The summed E-state index contributed by atoms with van der Waals surface area (Å²) in [5, 5.41) is 0.471. The molecule has 2 aromatic carbocycles. The Bertz CT molecular complexity index is 914. The Kier molecular flexibility index (Phi) is 5.98. The zero-order valence-corrected chi connectivity index (χ0v) is 16.6.